The lowest BCUT2D eigenvalue weighted by atomic mass is 10.1. The van der Waals surface area contributed by atoms with E-state index in [-0.39, 0.29) is 10.9 Å². The van der Waals surface area contributed by atoms with E-state index in [1.54, 1.807) is 10.9 Å². The highest BCUT2D eigenvalue weighted by Gasteiger charge is 2.24. The fourth-order valence-corrected chi connectivity index (χ4v) is 3.74. The fraction of sp³-hybridized carbons (Fsp3) is 0.769. The van der Waals surface area contributed by atoms with Gasteiger partial charge in [0.05, 0.1) is 12.7 Å². The van der Waals surface area contributed by atoms with E-state index in [1.165, 1.54) is 6.20 Å². The molecule has 1 unspecified atom stereocenters. The zero-order chi connectivity index (χ0) is 15.3. The van der Waals surface area contributed by atoms with Crippen molar-refractivity contribution in [1.82, 2.24) is 24.7 Å². The lowest BCUT2D eigenvalue weighted by Crippen LogP contribution is -2.46. The van der Waals surface area contributed by atoms with Gasteiger partial charge in [-0.15, -0.1) is 0 Å². The van der Waals surface area contributed by atoms with E-state index in [4.69, 9.17) is 0 Å². The Morgan fingerprint density at radius 3 is 3.00 bits per heavy atom. The van der Waals surface area contributed by atoms with Gasteiger partial charge in [-0.1, -0.05) is 6.92 Å². The summed E-state index contributed by atoms with van der Waals surface area (Å²) in [5.74, 6) is 0. The molecule has 0 aromatic carbocycles. The van der Waals surface area contributed by atoms with Gasteiger partial charge < -0.3 is 10.2 Å². The molecule has 0 amide bonds. The van der Waals surface area contributed by atoms with E-state index < -0.39 is 10.0 Å². The van der Waals surface area contributed by atoms with Crippen molar-refractivity contribution in [2.45, 2.75) is 37.2 Å². The normalized spacial score (nSPS) is 20.8. The zero-order valence-corrected chi connectivity index (χ0v) is 13.6. The molecule has 120 valence electrons. The van der Waals surface area contributed by atoms with Crippen molar-refractivity contribution in [3.63, 3.8) is 0 Å². The minimum Gasteiger partial charge on any atom is -0.315 e. The van der Waals surface area contributed by atoms with Crippen LogP contribution in [0.5, 0.6) is 0 Å². The van der Waals surface area contributed by atoms with E-state index >= 15 is 0 Å². The molecule has 0 bridgehead atoms. The predicted molar refractivity (Wildman–Crippen MR) is 81.6 cm³/mol. The molecule has 1 fully saturated rings. The Labute approximate surface area is 126 Å². The number of sulfonamides is 1. The zero-order valence-electron chi connectivity index (χ0n) is 12.7. The minimum atomic E-state index is -3.47. The van der Waals surface area contributed by atoms with E-state index in [2.05, 4.69) is 20.0 Å². The summed E-state index contributed by atoms with van der Waals surface area (Å²) in [7, 11) is -1.46. The summed E-state index contributed by atoms with van der Waals surface area (Å²) in [6.45, 7) is 6.15. The van der Waals surface area contributed by atoms with E-state index in [1.807, 2.05) is 14.0 Å². The summed E-state index contributed by atoms with van der Waals surface area (Å²) < 4.78 is 29.1. The number of nitrogens with one attached hydrogen (secondary N) is 2. The molecule has 2 N–H and O–H groups in total. The highest BCUT2D eigenvalue weighted by atomic mass is 32.2. The number of likely N-dealkylation sites (tertiary alicyclic amines) is 1. The molecule has 0 aliphatic carbocycles. The monoisotopic (exact) mass is 315 g/mol. The third kappa shape index (κ3) is 4.77. The van der Waals surface area contributed by atoms with Crippen molar-refractivity contribution in [3.8, 4) is 0 Å². The molecule has 2 rings (SSSR count). The molecule has 2 heterocycles. The molecule has 1 aliphatic rings. The quantitative estimate of drug-likeness (QED) is 0.685. The first-order valence-electron chi connectivity index (χ1n) is 7.45. The summed E-state index contributed by atoms with van der Waals surface area (Å²) in [4.78, 5) is 2.39. The number of hydrogen-bond donors (Lipinski definition) is 2. The van der Waals surface area contributed by atoms with Crippen LogP contribution in [0.2, 0.25) is 0 Å². The summed E-state index contributed by atoms with van der Waals surface area (Å²) >= 11 is 0. The van der Waals surface area contributed by atoms with Crippen LogP contribution in [0.1, 0.15) is 19.8 Å². The number of aromatic nitrogens is 2. The minimum absolute atomic E-state index is 0.0149. The standard InChI is InChI=1S/C13H25N5O2S/c1-3-14-6-8-18-11-13(9-15-18)21(19,20)16-12-5-4-7-17(2)10-12/h9,11-12,14,16H,3-8,10H2,1-2H3. The SMILES string of the molecule is CCNCCn1cc(S(=O)(=O)NC2CCCN(C)C2)cn1. The number of hydrogen-bond acceptors (Lipinski definition) is 5. The maximum atomic E-state index is 12.4. The second-order valence-corrected chi connectivity index (χ2v) is 7.23. The first-order chi connectivity index (χ1) is 10.0. The van der Waals surface area contributed by atoms with Gasteiger partial charge in [-0.25, -0.2) is 13.1 Å². The molecular weight excluding hydrogens is 290 g/mol. The van der Waals surface area contributed by atoms with E-state index in [0.717, 1.165) is 39.0 Å². The third-order valence-electron chi connectivity index (χ3n) is 3.63. The van der Waals surface area contributed by atoms with Crippen LogP contribution in [-0.4, -0.2) is 62.4 Å². The lowest BCUT2D eigenvalue weighted by Gasteiger charge is -2.29. The second kappa shape index (κ2) is 7.35. The largest absolute Gasteiger partial charge is 0.315 e. The Hall–Kier alpha value is -0.960. The highest BCUT2D eigenvalue weighted by Crippen LogP contribution is 2.13. The first-order valence-corrected chi connectivity index (χ1v) is 8.93. The maximum absolute atomic E-state index is 12.4. The Balaban J connectivity index is 1.95. The smallest absolute Gasteiger partial charge is 0.243 e. The van der Waals surface area contributed by atoms with Gasteiger partial charge in [-0.3, -0.25) is 4.68 Å². The van der Waals surface area contributed by atoms with Crippen molar-refractivity contribution < 1.29 is 8.42 Å². The Bertz CT molecular complexity index is 543. The van der Waals surface area contributed by atoms with Gasteiger partial charge in [0.25, 0.3) is 0 Å². The van der Waals surface area contributed by atoms with Crippen molar-refractivity contribution in [2.24, 2.45) is 0 Å². The van der Waals surface area contributed by atoms with Crippen LogP contribution in [-0.2, 0) is 16.6 Å². The fourth-order valence-electron chi connectivity index (χ4n) is 2.53. The summed E-state index contributed by atoms with van der Waals surface area (Å²) in [6.07, 6.45) is 4.91. The lowest BCUT2D eigenvalue weighted by molar-refractivity contribution is 0.242. The van der Waals surface area contributed by atoms with Crippen molar-refractivity contribution in [2.75, 3.05) is 33.2 Å². The van der Waals surface area contributed by atoms with Crippen LogP contribution < -0.4 is 10.0 Å². The first kappa shape index (κ1) is 16.4. The van der Waals surface area contributed by atoms with Gasteiger partial charge in [0.2, 0.25) is 10.0 Å². The number of piperidine rings is 1. The van der Waals surface area contributed by atoms with Gasteiger partial charge in [0, 0.05) is 25.3 Å². The molecule has 1 aliphatic heterocycles. The molecule has 7 nitrogen and oxygen atoms in total. The molecule has 0 spiro atoms. The van der Waals surface area contributed by atoms with Crippen molar-refractivity contribution >= 4 is 10.0 Å². The molecule has 0 saturated carbocycles. The summed E-state index contributed by atoms with van der Waals surface area (Å²) in [6, 6.07) is -0.0149. The predicted octanol–water partition coefficient (Wildman–Crippen LogP) is -0.135. The number of likely N-dealkylation sites (N-methyl/N-ethyl adjacent to an activating group) is 2. The van der Waals surface area contributed by atoms with Crippen molar-refractivity contribution in [1.29, 1.82) is 0 Å². The van der Waals surface area contributed by atoms with Gasteiger partial charge in [0.15, 0.2) is 0 Å². The van der Waals surface area contributed by atoms with Crippen LogP contribution in [0.15, 0.2) is 17.3 Å². The average molecular weight is 315 g/mol. The van der Waals surface area contributed by atoms with Gasteiger partial charge in [-0.2, -0.15) is 5.10 Å². The summed E-state index contributed by atoms with van der Waals surface area (Å²) in [5.41, 5.74) is 0. The van der Waals surface area contributed by atoms with Crippen LogP contribution in [0.3, 0.4) is 0 Å². The maximum Gasteiger partial charge on any atom is 0.243 e. The molecule has 8 heteroatoms. The van der Waals surface area contributed by atoms with Gasteiger partial charge in [-0.05, 0) is 33.0 Å². The van der Waals surface area contributed by atoms with E-state index in [9.17, 15) is 8.42 Å². The molecule has 1 atom stereocenters. The van der Waals surface area contributed by atoms with Crippen LogP contribution >= 0.6 is 0 Å². The molecule has 1 aromatic rings. The number of nitrogens with zero attached hydrogens (tertiary/aromatic N) is 3. The van der Waals surface area contributed by atoms with Crippen LogP contribution in [0, 0.1) is 0 Å². The topological polar surface area (TPSA) is 79.3 Å². The molecule has 1 saturated heterocycles. The third-order valence-corrected chi connectivity index (χ3v) is 5.11. The molecule has 0 radical (unpaired) electrons. The Morgan fingerprint density at radius 1 is 1.48 bits per heavy atom. The van der Waals surface area contributed by atoms with Crippen LogP contribution in [0.25, 0.3) is 0 Å². The molecule has 1 aromatic heterocycles. The van der Waals surface area contributed by atoms with Gasteiger partial charge in [0.1, 0.15) is 4.90 Å². The van der Waals surface area contributed by atoms with Crippen molar-refractivity contribution in [3.05, 3.63) is 12.4 Å². The number of rotatable bonds is 7. The van der Waals surface area contributed by atoms with E-state index in [0.29, 0.717) is 6.54 Å². The second-order valence-electron chi connectivity index (χ2n) is 5.52. The average Bonchev–Trinajstić information content (AvgIpc) is 2.88. The molecular formula is C13H25N5O2S. The highest BCUT2D eigenvalue weighted by molar-refractivity contribution is 7.89. The Kier molecular flexibility index (Phi) is 5.74. The van der Waals surface area contributed by atoms with Crippen LogP contribution in [0.4, 0.5) is 0 Å². The summed E-state index contributed by atoms with van der Waals surface area (Å²) in [5, 5.41) is 7.29. The molecule has 21 heavy (non-hydrogen) atoms. The van der Waals surface area contributed by atoms with Gasteiger partial charge >= 0.3 is 0 Å². The Morgan fingerprint density at radius 2 is 2.29 bits per heavy atom.